The molecule has 0 saturated heterocycles. The molecule has 0 unspecified atom stereocenters. The minimum absolute atomic E-state index is 0.0980. The Morgan fingerprint density at radius 3 is 2.25 bits per heavy atom. The molecule has 0 radical (unpaired) electrons. The first-order valence-corrected chi connectivity index (χ1v) is 7.43. The lowest BCUT2D eigenvalue weighted by molar-refractivity contribution is -0.115. The number of para-hydroxylation sites is 1. The van der Waals surface area contributed by atoms with E-state index < -0.39 is 5.97 Å². The number of esters is 1. The summed E-state index contributed by atoms with van der Waals surface area (Å²) in [7, 11) is 1.28. The van der Waals surface area contributed by atoms with Crippen molar-refractivity contribution in [2.45, 2.75) is 13.3 Å². The Balaban J connectivity index is 2.13. The number of carbonyl (C=O) groups excluding carboxylic acids is 3. The summed E-state index contributed by atoms with van der Waals surface area (Å²) in [5.41, 5.74) is 1.68. The van der Waals surface area contributed by atoms with Gasteiger partial charge in [0.2, 0.25) is 5.91 Å². The van der Waals surface area contributed by atoms with Gasteiger partial charge in [0.1, 0.15) is 0 Å². The van der Waals surface area contributed by atoms with Crippen LogP contribution in [-0.2, 0) is 9.53 Å². The smallest absolute Gasteiger partial charge is 0.339 e. The van der Waals surface area contributed by atoms with E-state index in [2.05, 4.69) is 10.6 Å². The van der Waals surface area contributed by atoms with Crippen molar-refractivity contribution in [3.8, 4) is 0 Å². The summed E-state index contributed by atoms with van der Waals surface area (Å²) < 4.78 is 4.70. The maximum atomic E-state index is 12.3. The van der Waals surface area contributed by atoms with Crippen molar-refractivity contribution in [1.29, 1.82) is 0 Å². The molecule has 0 atom stereocenters. The third kappa shape index (κ3) is 4.19. The molecule has 0 aliphatic heterocycles. The van der Waals surface area contributed by atoms with Gasteiger partial charge in [-0.2, -0.15) is 0 Å². The molecule has 0 fully saturated rings. The summed E-state index contributed by atoms with van der Waals surface area (Å²) in [6, 6.07) is 13.1. The van der Waals surface area contributed by atoms with E-state index >= 15 is 0 Å². The molecule has 2 rings (SSSR count). The lowest BCUT2D eigenvalue weighted by atomic mass is 10.1. The van der Waals surface area contributed by atoms with E-state index in [-0.39, 0.29) is 17.4 Å². The van der Waals surface area contributed by atoms with Crippen molar-refractivity contribution in [3.05, 3.63) is 59.7 Å². The summed E-state index contributed by atoms with van der Waals surface area (Å²) in [5, 5.41) is 5.39. The van der Waals surface area contributed by atoms with Crippen LogP contribution in [0.5, 0.6) is 0 Å². The van der Waals surface area contributed by atoms with Gasteiger partial charge >= 0.3 is 5.97 Å². The maximum absolute atomic E-state index is 12.3. The van der Waals surface area contributed by atoms with Crippen molar-refractivity contribution in [2.75, 3.05) is 17.7 Å². The molecule has 2 aromatic carbocycles. The molecule has 0 aliphatic carbocycles. The molecule has 0 aliphatic rings. The molecule has 2 amide bonds. The molecular weight excluding hydrogens is 308 g/mol. The first kappa shape index (κ1) is 17.2. The lowest BCUT2D eigenvalue weighted by Gasteiger charge is -2.10. The largest absolute Gasteiger partial charge is 0.465 e. The van der Waals surface area contributed by atoms with E-state index in [1.54, 1.807) is 55.5 Å². The number of methoxy groups -OCH3 is 1. The molecule has 0 bridgehead atoms. The Hall–Kier alpha value is -3.15. The Morgan fingerprint density at radius 1 is 0.958 bits per heavy atom. The van der Waals surface area contributed by atoms with Crippen LogP contribution < -0.4 is 10.6 Å². The number of anilines is 2. The van der Waals surface area contributed by atoms with Crippen LogP contribution in [0.25, 0.3) is 0 Å². The Labute approximate surface area is 139 Å². The SMILES string of the molecule is CCC(=O)Nc1ccc(C(=O)Nc2ccccc2C(=O)OC)cc1. The number of nitrogens with one attached hydrogen (secondary N) is 2. The van der Waals surface area contributed by atoms with Crippen LogP contribution in [0, 0.1) is 0 Å². The van der Waals surface area contributed by atoms with Gasteiger partial charge in [-0.3, -0.25) is 9.59 Å². The molecule has 0 spiro atoms. The van der Waals surface area contributed by atoms with Crippen LogP contribution in [0.3, 0.4) is 0 Å². The number of hydrogen-bond acceptors (Lipinski definition) is 4. The molecule has 124 valence electrons. The van der Waals surface area contributed by atoms with E-state index in [1.807, 2.05) is 0 Å². The average Bonchev–Trinajstić information content (AvgIpc) is 2.62. The third-order valence-corrected chi connectivity index (χ3v) is 3.33. The van der Waals surface area contributed by atoms with Crippen molar-refractivity contribution in [1.82, 2.24) is 0 Å². The first-order valence-electron chi connectivity index (χ1n) is 7.43. The second kappa shape index (κ2) is 7.92. The summed E-state index contributed by atoms with van der Waals surface area (Å²) in [6.07, 6.45) is 0.381. The van der Waals surface area contributed by atoms with Gasteiger partial charge in [0.15, 0.2) is 0 Å². The highest BCUT2D eigenvalue weighted by atomic mass is 16.5. The van der Waals surface area contributed by atoms with Crippen LogP contribution in [-0.4, -0.2) is 24.9 Å². The second-order valence-corrected chi connectivity index (χ2v) is 4.97. The van der Waals surface area contributed by atoms with Crippen molar-refractivity contribution in [3.63, 3.8) is 0 Å². The maximum Gasteiger partial charge on any atom is 0.339 e. The quantitative estimate of drug-likeness (QED) is 0.827. The molecule has 2 N–H and O–H groups in total. The summed E-state index contributed by atoms with van der Waals surface area (Å²) in [4.78, 5) is 35.4. The fourth-order valence-electron chi connectivity index (χ4n) is 2.03. The highest BCUT2D eigenvalue weighted by Crippen LogP contribution is 2.18. The fraction of sp³-hybridized carbons (Fsp3) is 0.167. The van der Waals surface area contributed by atoms with Gasteiger partial charge in [-0.25, -0.2) is 4.79 Å². The zero-order valence-corrected chi connectivity index (χ0v) is 13.5. The summed E-state index contributed by atoms with van der Waals surface area (Å²) in [6.45, 7) is 1.76. The predicted molar refractivity (Wildman–Crippen MR) is 91.1 cm³/mol. The van der Waals surface area contributed by atoms with E-state index in [0.29, 0.717) is 23.4 Å². The fourth-order valence-corrected chi connectivity index (χ4v) is 2.03. The zero-order valence-electron chi connectivity index (χ0n) is 13.5. The third-order valence-electron chi connectivity index (χ3n) is 3.33. The van der Waals surface area contributed by atoms with E-state index in [4.69, 9.17) is 4.74 Å². The molecule has 6 heteroatoms. The monoisotopic (exact) mass is 326 g/mol. The minimum Gasteiger partial charge on any atom is -0.465 e. The van der Waals surface area contributed by atoms with Crippen LogP contribution in [0.15, 0.2) is 48.5 Å². The van der Waals surface area contributed by atoms with Gasteiger partial charge in [-0.15, -0.1) is 0 Å². The normalized spacial score (nSPS) is 9.92. The summed E-state index contributed by atoms with van der Waals surface area (Å²) >= 11 is 0. The Kier molecular flexibility index (Phi) is 5.68. The van der Waals surface area contributed by atoms with Crippen LogP contribution >= 0.6 is 0 Å². The Bertz CT molecular complexity index is 754. The van der Waals surface area contributed by atoms with E-state index in [1.165, 1.54) is 7.11 Å². The average molecular weight is 326 g/mol. The lowest BCUT2D eigenvalue weighted by Crippen LogP contribution is -2.15. The molecule has 0 saturated carbocycles. The van der Waals surface area contributed by atoms with E-state index in [9.17, 15) is 14.4 Å². The van der Waals surface area contributed by atoms with Crippen LogP contribution in [0.4, 0.5) is 11.4 Å². The molecule has 2 aromatic rings. The topological polar surface area (TPSA) is 84.5 Å². The number of amides is 2. The van der Waals surface area contributed by atoms with Gasteiger partial charge in [-0.1, -0.05) is 19.1 Å². The van der Waals surface area contributed by atoms with Crippen LogP contribution in [0.2, 0.25) is 0 Å². The standard InChI is InChI=1S/C18H18N2O4/c1-3-16(21)19-13-10-8-12(9-11-13)17(22)20-15-7-5-4-6-14(15)18(23)24-2/h4-11H,3H2,1-2H3,(H,19,21)(H,20,22). The molecule has 0 heterocycles. The van der Waals surface area contributed by atoms with Crippen molar-refractivity contribution < 1.29 is 19.1 Å². The highest BCUT2D eigenvalue weighted by Gasteiger charge is 2.14. The molecule has 24 heavy (non-hydrogen) atoms. The number of ether oxygens (including phenoxy) is 1. The second-order valence-electron chi connectivity index (χ2n) is 4.97. The molecule has 6 nitrogen and oxygen atoms in total. The van der Waals surface area contributed by atoms with Gasteiger partial charge < -0.3 is 15.4 Å². The highest BCUT2D eigenvalue weighted by molar-refractivity contribution is 6.08. The first-order chi connectivity index (χ1) is 11.5. The van der Waals surface area contributed by atoms with E-state index in [0.717, 1.165) is 0 Å². The number of hydrogen-bond donors (Lipinski definition) is 2. The van der Waals surface area contributed by atoms with Crippen molar-refractivity contribution in [2.24, 2.45) is 0 Å². The van der Waals surface area contributed by atoms with Gasteiger partial charge in [-0.05, 0) is 36.4 Å². The zero-order chi connectivity index (χ0) is 17.5. The van der Waals surface area contributed by atoms with Crippen LogP contribution in [0.1, 0.15) is 34.1 Å². The van der Waals surface area contributed by atoms with Gasteiger partial charge in [0.25, 0.3) is 5.91 Å². The minimum atomic E-state index is -0.525. The number of benzene rings is 2. The van der Waals surface area contributed by atoms with Gasteiger partial charge in [0.05, 0.1) is 18.4 Å². The van der Waals surface area contributed by atoms with Crippen molar-refractivity contribution >= 4 is 29.2 Å². The predicted octanol–water partition coefficient (Wildman–Crippen LogP) is 3.07. The van der Waals surface area contributed by atoms with Gasteiger partial charge in [0, 0.05) is 17.7 Å². The number of carbonyl (C=O) groups is 3. The number of rotatable bonds is 5. The molecular formula is C18H18N2O4. The summed E-state index contributed by atoms with van der Waals surface area (Å²) in [5.74, 6) is -0.984. The Morgan fingerprint density at radius 2 is 1.62 bits per heavy atom. The molecule has 0 aromatic heterocycles.